The summed E-state index contributed by atoms with van der Waals surface area (Å²) in [6.45, 7) is 5.73. The number of morpholine rings is 1. The van der Waals surface area contributed by atoms with E-state index in [1.165, 1.54) is 0 Å². The number of hydrogen-bond acceptors (Lipinski definition) is 5. The fourth-order valence-electron chi connectivity index (χ4n) is 2.90. The molecule has 0 saturated carbocycles. The Morgan fingerprint density at radius 3 is 2.71 bits per heavy atom. The molecule has 0 N–H and O–H groups in total. The summed E-state index contributed by atoms with van der Waals surface area (Å²) < 4.78 is 11.1. The number of pyridine rings is 1. The average molecular weight is 326 g/mol. The molecule has 2 aromatic rings. The maximum absolute atomic E-state index is 11.7. The van der Waals surface area contributed by atoms with Crippen LogP contribution >= 0.6 is 0 Å². The Hall–Kier alpha value is -2.40. The zero-order valence-electron chi connectivity index (χ0n) is 14.0. The Morgan fingerprint density at radius 2 is 2.04 bits per heavy atom. The molecule has 0 bridgehead atoms. The number of hydrogen-bond donors (Lipinski definition) is 0. The second-order valence-corrected chi connectivity index (χ2v) is 5.88. The Kier molecular flexibility index (Phi) is 5.11. The van der Waals surface area contributed by atoms with Crippen molar-refractivity contribution in [3.8, 4) is 0 Å². The van der Waals surface area contributed by atoms with Crippen LogP contribution in [0.5, 0.6) is 0 Å². The Labute approximate surface area is 142 Å². The molecule has 5 nitrogen and oxygen atoms in total. The highest BCUT2D eigenvalue weighted by Gasteiger charge is 2.27. The van der Waals surface area contributed by atoms with Crippen molar-refractivity contribution in [3.05, 3.63) is 59.8 Å². The number of ether oxygens (including phenoxy) is 2. The number of carbonyl (C=O) groups excluding carboxylic acids is 1. The molecule has 0 radical (unpaired) electrons. The van der Waals surface area contributed by atoms with Gasteiger partial charge in [-0.3, -0.25) is 0 Å². The summed E-state index contributed by atoms with van der Waals surface area (Å²) in [5.74, 6) is 0.508. The number of nitrogens with zero attached hydrogens (tertiary/aromatic N) is 2. The van der Waals surface area contributed by atoms with Gasteiger partial charge in [0.2, 0.25) is 0 Å². The molecule has 5 heteroatoms. The van der Waals surface area contributed by atoms with Crippen LogP contribution in [0, 0.1) is 0 Å². The first kappa shape index (κ1) is 16.5. The molecular formula is C19H22N2O3. The SMILES string of the molecule is CCOC(=O)c1ccc(N2CC(C)OC(c3ccccc3)C2)nc1. The molecule has 0 amide bonds. The van der Waals surface area contributed by atoms with Crippen molar-refractivity contribution in [2.75, 3.05) is 24.6 Å². The van der Waals surface area contributed by atoms with Gasteiger partial charge >= 0.3 is 5.97 Å². The van der Waals surface area contributed by atoms with E-state index in [9.17, 15) is 4.79 Å². The number of esters is 1. The van der Waals surface area contributed by atoms with E-state index in [1.54, 1.807) is 19.2 Å². The lowest BCUT2D eigenvalue weighted by molar-refractivity contribution is -0.0176. The fourth-order valence-corrected chi connectivity index (χ4v) is 2.90. The molecule has 1 fully saturated rings. The number of benzene rings is 1. The zero-order chi connectivity index (χ0) is 16.9. The van der Waals surface area contributed by atoms with Gasteiger partial charge in [-0.1, -0.05) is 30.3 Å². The lowest BCUT2D eigenvalue weighted by Gasteiger charge is -2.37. The van der Waals surface area contributed by atoms with Crippen LogP contribution in [0.4, 0.5) is 5.82 Å². The van der Waals surface area contributed by atoms with Crippen molar-refractivity contribution in [3.63, 3.8) is 0 Å². The lowest BCUT2D eigenvalue weighted by atomic mass is 10.1. The molecule has 0 spiro atoms. The van der Waals surface area contributed by atoms with Gasteiger partial charge < -0.3 is 14.4 Å². The maximum Gasteiger partial charge on any atom is 0.339 e. The molecule has 0 aliphatic carbocycles. The van der Waals surface area contributed by atoms with E-state index in [2.05, 4.69) is 28.9 Å². The first-order chi connectivity index (χ1) is 11.7. The van der Waals surface area contributed by atoms with E-state index in [4.69, 9.17) is 9.47 Å². The highest BCUT2D eigenvalue weighted by molar-refractivity contribution is 5.89. The monoisotopic (exact) mass is 326 g/mol. The predicted octanol–water partition coefficient (Wildman–Crippen LogP) is 3.22. The van der Waals surface area contributed by atoms with Gasteiger partial charge in [-0.25, -0.2) is 9.78 Å². The van der Waals surface area contributed by atoms with Crippen molar-refractivity contribution >= 4 is 11.8 Å². The van der Waals surface area contributed by atoms with E-state index in [-0.39, 0.29) is 18.2 Å². The predicted molar refractivity (Wildman–Crippen MR) is 92.1 cm³/mol. The molecule has 1 aromatic heterocycles. The van der Waals surface area contributed by atoms with Crippen LogP contribution < -0.4 is 4.90 Å². The number of carbonyl (C=O) groups is 1. The van der Waals surface area contributed by atoms with Crippen LogP contribution in [-0.2, 0) is 9.47 Å². The van der Waals surface area contributed by atoms with Crippen LogP contribution in [-0.4, -0.2) is 36.8 Å². The van der Waals surface area contributed by atoms with Crippen molar-refractivity contribution < 1.29 is 14.3 Å². The molecule has 2 heterocycles. The third kappa shape index (κ3) is 3.74. The summed E-state index contributed by atoms with van der Waals surface area (Å²) in [6, 6.07) is 13.8. The van der Waals surface area contributed by atoms with Crippen LogP contribution in [0.3, 0.4) is 0 Å². The van der Waals surface area contributed by atoms with Gasteiger partial charge in [-0.15, -0.1) is 0 Å². The second kappa shape index (κ2) is 7.45. The van der Waals surface area contributed by atoms with Gasteiger partial charge in [0.25, 0.3) is 0 Å². The summed E-state index contributed by atoms with van der Waals surface area (Å²) in [5, 5.41) is 0. The Morgan fingerprint density at radius 1 is 1.25 bits per heavy atom. The zero-order valence-corrected chi connectivity index (χ0v) is 14.0. The van der Waals surface area contributed by atoms with Crippen molar-refractivity contribution in [2.24, 2.45) is 0 Å². The van der Waals surface area contributed by atoms with Crippen LogP contribution in [0.2, 0.25) is 0 Å². The van der Waals surface area contributed by atoms with Gasteiger partial charge in [0.05, 0.1) is 18.3 Å². The summed E-state index contributed by atoms with van der Waals surface area (Å²) in [4.78, 5) is 18.4. The van der Waals surface area contributed by atoms with Crippen molar-refractivity contribution in [1.82, 2.24) is 4.98 Å². The number of anilines is 1. The molecule has 3 rings (SSSR count). The van der Waals surface area contributed by atoms with Crippen LogP contribution in [0.15, 0.2) is 48.7 Å². The van der Waals surface area contributed by atoms with E-state index in [0.717, 1.165) is 24.5 Å². The van der Waals surface area contributed by atoms with Gasteiger partial charge in [0.1, 0.15) is 11.9 Å². The summed E-state index contributed by atoms with van der Waals surface area (Å²) in [5.41, 5.74) is 1.64. The number of aromatic nitrogens is 1. The largest absolute Gasteiger partial charge is 0.462 e. The Bertz CT molecular complexity index is 673. The second-order valence-electron chi connectivity index (χ2n) is 5.88. The Balaban J connectivity index is 1.75. The minimum absolute atomic E-state index is 0.0153. The molecular weight excluding hydrogens is 304 g/mol. The van der Waals surface area contributed by atoms with E-state index in [1.807, 2.05) is 24.3 Å². The van der Waals surface area contributed by atoms with Gasteiger partial charge in [0.15, 0.2) is 0 Å². The van der Waals surface area contributed by atoms with Crippen molar-refractivity contribution in [2.45, 2.75) is 26.1 Å². The number of rotatable bonds is 4. The summed E-state index contributed by atoms with van der Waals surface area (Å²) >= 11 is 0. The van der Waals surface area contributed by atoms with E-state index >= 15 is 0 Å². The van der Waals surface area contributed by atoms with Gasteiger partial charge in [0, 0.05) is 19.3 Å². The molecule has 2 atom stereocenters. The van der Waals surface area contributed by atoms with E-state index in [0.29, 0.717) is 12.2 Å². The van der Waals surface area contributed by atoms with Crippen LogP contribution in [0.25, 0.3) is 0 Å². The first-order valence-electron chi connectivity index (χ1n) is 8.26. The third-order valence-corrected chi connectivity index (χ3v) is 4.01. The fraction of sp³-hybridized carbons (Fsp3) is 0.368. The molecule has 1 saturated heterocycles. The van der Waals surface area contributed by atoms with Crippen LogP contribution in [0.1, 0.15) is 35.9 Å². The topological polar surface area (TPSA) is 51.7 Å². The van der Waals surface area contributed by atoms with E-state index < -0.39 is 0 Å². The maximum atomic E-state index is 11.7. The molecule has 24 heavy (non-hydrogen) atoms. The minimum atomic E-state index is -0.339. The normalized spacial score (nSPS) is 20.7. The van der Waals surface area contributed by atoms with Gasteiger partial charge in [-0.2, -0.15) is 0 Å². The lowest BCUT2D eigenvalue weighted by Crippen LogP contribution is -2.43. The molecule has 2 unspecified atom stereocenters. The summed E-state index contributed by atoms with van der Waals surface area (Å²) in [6.07, 6.45) is 1.70. The standard InChI is InChI=1S/C19H22N2O3/c1-3-23-19(22)16-9-10-18(20-11-16)21-12-14(2)24-17(13-21)15-7-5-4-6-8-15/h4-11,14,17H,3,12-13H2,1-2H3. The van der Waals surface area contributed by atoms with Crippen molar-refractivity contribution in [1.29, 1.82) is 0 Å². The molecule has 126 valence electrons. The molecule has 1 aliphatic heterocycles. The highest BCUT2D eigenvalue weighted by Crippen LogP contribution is 2.27. The first-order valence-corrected chi connectivity index (χ1v) is 8.26. The molecule has 1 aliphatic rings. The summed E-state index contributed by atoms with van der Waals surface area (Å²) in [7, 11) is 0. The minimum Gasteiger partial charge on any atom is -0.462 e. The quantitative estimate of drug-likeness (QED) is 0.808. The average Bonchev–Trinajstić information content (AvgIpc) is 2.62. The van der Waals surface area contributed by atoms with Gasteiger partial charge in [-0.05, 0) is 31.5 Å². The smallest absolute Gasteiger partial charge is 0.339 e. The highest BCUT2D eigenvalue weighted by atomic mass is 16.5. The third-order valence-electron chi connectivity index (χ3n) is 4.01. The molecule has 1 aromatic carbocycles.